The van der Waals surface area contributed by atoms with Crippen molar-refractivity contribution in [3.63, 3.8) is 0 Å². The molecule has 0 aliphatic carbocycles. The zero-order valence-corrected chi connectivity index (χ0v) is 6.95. The third-order valence-electron chi connectivity index (χ3n) is 1.97. The molecule has 0 spiro atoms. The quantitative estimate of drug-likeness (QED) is 0.616. The average Bonchev–Trinajstić information content (AvgIpc) is 2.07. The number of piperidine rings is 1. The van der Waals surface area contributed by atoms with Crippen molar-refractivity contribution in [3.8, 4) is 0 Å². The van der Waals surface area contributed by atoms with Gasteiger partial charge in [0.2, 0.25) is 0 Å². The van der Waals surface area contributed by atoms with Crippen LogP contribution in [-0.2, 0) is 0 Å². The van der Waals surface area contributed by atoms with Crippen LogP contribution in [0, 0.1) is 0 Å². The second-order valence-electron chi connectivity index (χ2n) is 3.19. The Morgan fingerprint density at radius 2 is 2.27 bits per heavy atom. The highest BCUT2D eigenvalue weighted by Gasteiger charge is 2.16. The highest BCUT2D eigenvalue weighted by molar-refractivity contribution is 4.69. The van der Waals surface area contributed by atoms with Crippen LogP contribution in [-0.4, -0.2) is 54.8 Å². The van der Waals surface area contributed by atoms with Crippen LogP contribution in [0.5, 0.6) is 0 Å². The number of aliphatic hydroxyl groups excluding tert-OH is 1. The number of aliphatic hydroxyl groups is 1. The summed E-state index contributed by atoms with van der Waals surface area (Å²) in [7, 11) is 1.60. The van der Waals surface area contributed by atoms with Gasteiger partial charge in [0.1, 0.15) is 0 Å². The molecule has 0 atom stereocenters. The van der Waals surface area contributed by atoms with Crippen LogP contribution in [0.15, 0.2) is 0 Å². The van der Waals surface area contributed by atoms with Gasteiger partial charge in [-0.1, -0.05) is 0 Å². The molecule has 0 amide bonds. The summed E-state index contributed by atoms with van der Waals surface area (Å²) in [5, 5.41) is 9.27. The van der Waals surface area contributed by atoms with E-state index in [0.717, 1.165) is 25.9 Å². The molecule has 66 valence electrons. The zero-order chi connectivity index (χ0) is 10.8. The van der Waals surface area contributed by atoms with Gasteiger partial charge in [-0.3, -0.25) is 9.80 Å². The molecule has 1 heterocycles. The summed E-state index contributed by atoms with van der Waals surface area (Å²) in [6.07, 6.45) is 1.29. The van der Waals surface area contributed by atoms with E-state index in [1.165, 1.54) is 4.90 Å². The van der Waals surface area contributed by atoms with E-state index in [0.29, 0.717) is 6.67 Å². The Hall–Kier alpha value is -0.120. The van der Waals surface area contributed by atoms with Gasteiger partial charge in [-0.25, -0.2) is 0 Å². The maximum atomic E-state index is 9.27. The van der Waals surface area contributed by atoms with Crippen molar-refractivity contribution < 1.29 is 9.22 Å². The monoisotopic (exact) mass is 161 g/mol. The first-order chi connectivity index (χ1) is 6.39. The predicted molar refractivity (Wildman–Crippen MR) is 45.4 cm³/mol. The molecule has 0 aromatic carbocycles. The summed E-state index contributed by atoms with van der Waals surface area (Å²) >= 11 is 0. The van der Waals surface area contributed by atoms with Gasteiger partial charge in [0.15, 0.2) is 0 Å². The Kier molecular flexibility index (Phi) is 2.03. The molecule has 1 saturated heterocycles. The first-order valence-corrected chi connectivity index (χ1v) is 4.01. The predicted octanol–water partition coefficient (Wildman–Crippen LogP) is -0.0378. The van der Waals surface area contributed by atoms with E-state index in [2.05, 4.69) is 4.90 Å². The van der Waals surface area contributed by atoms with Crippen LogP contribution in [0.2, 0.25) is 0 Å². The van der Waals surface area contributed by atoms with Crippen LogP contribution >= 0.6 is 0 Å². The summed E-state index contributed by atoms with van der Waals surface area (Å²) in [4.78, 5) is 3.41. The molecule has 1 N–H and O–H groups in total. The minimum Gasteiger partial charge on any atom is -0.393 e. The lowest BCUT2D eigenvalue weighted by molar-refractivity contribution is 0.0611. The average molecular weight is 161 g/mol. The normalized spacial score (nSPS) is 28.1. The third kappa shape index (κ3) is 3.18. The highest BCUT2D eigenvalue weighted by Crippen LogP contribution is 2.09. The fourth-order valence-corrected chi connectivity index (χ4v) is 1.36. The van der Waals surface area contributed by atoms with Gasteiger partial charge in [0.25, 0.3) is 0 Å². The number of rotatable bonds is 2. The number of nitrogens with zero attached hydrogens (tertiary/aromatic N) is 2. The minimum absolute atomic E-state index is 0.204. The van der Waals surface area contributed by atoms with Crippen molar-refractivity contribution in [1.82, 2.24) is 9.80 Å². The van der Waals surface area contributed by atoms with Crippen molar-refractivity contribution in [1.29, 1.82) is 0 Å². The van der Waals surface area contributed by atoms with E-state index >= 15 is 0 Å². The van der Waals surface area contributed by atoms with Gasteiger partial charge in [0, 0.05) is 17.2 Å². The molecule has 0 unspecified atom stereocenters. The van der Waals surface area contributed by atoms with E-state index in [1.54, 1.807) is 7.05 Å². The van der Waals surface area contributed by atoms with Gasteiger partial charge in [-0.2, -0.15) is 0 Å². The van der Waals surface area contributed by atoms with Crippen LogP contribution in [0.1, 0.15) is 17.0 Å². The molecule has 11 heavy (non-hydrogen) atoms. The van der Waals surface area contributed by atoms with E-state index in [1.807, 2.05) is 0 Å². The molecular weight excluding hydrogens is 140 g/mol. The third-order valence-corrected chi connectivity index (χ3v) is 1.97. The van der Waals surface area contributed by atoms with Crippen LogP contribution < -0.4 is 0 Å². The Labute approximate surface area is 72.8 Å². The lowest BCUT2D eigenvalue weighted by atomic mass is 10.1. The topological polar surface area (TPSA) is 26.7 Å². The van der Waals surface area contributed by atoms with E-state index in [9.17, 15) is 5.11 Å². The Morgan fingerprint density at radius 3 is 2.82 bits per heavy atom. The summed E-state index contributed by atoms with van der Waals surface area (Å²) < 4.78 is 21.5. The van der Waals surface area contributed by atoms with Gasteiger partial charge >= 0.3 is 0 Å². The number of hydrogen-bond acceptors (Lipinski definition) is 3. The fraction of sp³-hybridized carbons (Fsp3) is 1.00. The maximum Gasteiger partial charge on any atom is 0.0564 e. The lowest BCUT2D eigenvalue weighted by Gasteiger charge is -2.31. The second kappa shape index (κ2) is 4.04. The maximum absolute atomic E-state index is 9.27. The Balaban J connectivity index is 2.31. The summed E-state index contributed by atoms with van der Waals surface area (Å²) in [6.45, 7) is -0.0115. The Morgan fingerprint density at radius 1 is 1.64 bits per heavy atom. The first-order valence-electron chi connectivity index (χ1n) is 5.51. The highest BCUT2D eigenvalue weighted by atomic mass is 16.3. The van der Waals surface area contributed by atoms with E-state index in [4.69, 9.17) is 4.11 Å². The number of hydrogen-bond donors (Lipinski definition) is 1. The van der Waals surface area contributed by atoms with Gasteiger partial charge in [-0.15, -0.1) is 0 Å². The minimum atomic E-state index is -2.02. The zero-order valence-electron chi connectivity index (χ0n) is 9.95. The van der Waals surface area contributed by atoms with Gasteiger partial charge in [-0.05, 0) is 26.9 Å². The summed E-state index contributed by atoms with van der Waals surface area (Å²) in [6, 6.07) is 0. The van der Waals surface area contributed by atoms with Crippen molar-refractivity contribution in [2.75, 3.05) is 33.8 Å². The van der Waals surface area contributed by atoms with Crippen molar-refractivity contribution >= 4 is 0 Å². The molecule has 1 aliphatic rings. The smallest absolute Gasteiger partial charge is 0.0564 e. The molecule has 0 radical (unpaired) electrons. The van der Waals surface area contributed by atoms with Crippen LogP contribution in [0.25, 0.3) is 0 Å². The molecule has 3 nitrogen and oxygen atoms in total. The molecule has 1 rings (SSSR count). The van der Waals surface area contributed by atoms with Crippen molar-refractivity contribution in [3.05, 3.63) is 0 Å². The SMILES string of the molecule is [2H]C([2H])([2H])N(C)CN1CCC(O)CC1. The summed E-state index contributed by atoms with van der Waals surface area (Å²) in [5.74, 6) is 0. The van der Waals surface area contributed by atoms with Crippen molar-refractivity contribution in [2.24, 2.45) is 0 Å². The first kappa shape index (κ1) is 5.51. The fourth-order valence-electron chi connectivity index (χ4n) is 1.36. The van der Waals surface area contributed by atoms with Gasteiger partial charge in [0.05, 0.1) is 12.8 Å². The van der Waals surface area contributed by atoms with E-state index < -0.39 is 6.98 Å². The van der Waals surface area contributed by atoms with Crippen molar-refractivity contribution in [2.45, 2.75) is 18.9 Å². The molecular formula is C8H18N2O. The molecule has 3 heteroatoms. The standard InChI is InChI=1S/C8H18N2O/c1-9(2)7-10-5-3-8(11)4-6-10/h8,11H,3-7H2,1-2H3/i1D3. The molecule has 0 aromatic rings. The van der Waals surface area contributed by atoms with Crippen LogP contribution in [0.4, 0.5) is 0 Å². The lowest BCUT2D eigenvalue weighted by Crippen LogP contribution is -2.40. The summed E-state index contributed by atoms with van der Waals surface area (Å²) in [5.41, 5.74) is 0. The largest absolute Gasteiger partial charge is 0.393 e. The second-order valence-corrected chi connectivity index (χ2v) is 3.19. The molecule has 0 bridgehead atoms. The molecule has 0 aromatic heterocycles. The molecule has 0 saturated carbocycles. The molecule has 1 fully saturated rings. The Bertz CT molecular complexity index is 178. The van der Waals surface area contributed by atoms with E-state index in [-0.39, 0.29) is 6.10 Å². The number of likely N-dealkylation sites (tertiary alicyclic amines) is 1. The van der Waals surface area contributed by atoms with Crippen LogP contribution in [0.3, 0.4) is 0 Å². The molecule has 1 aliphatic heterocycles. The van der Waals surface area contributed by atoms with Gasteiger partial charge < -0.3 is 5.11 Å².